The summed E-state index contributed by atoms with van der Waals surface area (Å²) in [5.74, 6) is -0.0735. The van der Waals surface area contributed by atoms with Crippen molar-refractivity contribution in [1.82, 2.24) is 9.21 Å². The number of hydrogen-bond donors (Lipinski definition) is 0. The molecule has 2 heterocycles. The van der Waals surface area contributed by atoms with Crippen LogP contribution in [0.15, 0.2) is 59.5 Å². The lowest BCUT2D eigenvalue weighted by Crippen LogP contribution is -2.48. The largest absolute Gasteiger partial charge is 0.369 e. The maximum Gasteiger partial charge on any atom is 0.253 e. The Bertz CT molecular complexity index is 948. The summed E-state index contributed by atoms with van der Waals surface area (Å²) in [6, 6.07) is 16.5. The smallest absolute Gasteiger partial charge is 0.253 e. The fourth-order valence-corrected chi connectivity index (χ4v) is 5.51. The topological polar surface area (TPSA) is 60.9 Å². The van der Waals surface area contributed by atoms with Crippen LogP contribution in [0.1, 0.15) is 29.6 Å². The number of carbonyl (C=O) groups excluding carboxylic acids is 1. The van der Waals surface area contributed by atoms with Crippen molar-refractivity contribution in [2.75, 3.05) is 44.2 Å². The van der Waals surface area contributed by atoms with E-state index in [0.717, 1.165) is 38.0 Å². The maximum atomic E-state index is 13.2. The van der Waals surface area contributed by atoms with Crippen LogP contribution in [0, 0.1) is 0 Å². The van der Waals surface area contributed by atoms with E-state index < -0.39 is 10.0 Å². The summed E-state index contributed by atoms with van der Waals surface area (Å²) in [5, 5.41) is 0. The number of carbonyl (C=O) groups is 1. The maximum absolute atomic E-state index is 13.2. The number of piperidine rings is 1. The number of sulfonamides is 1. The number of piperazine rings is 1. The van der Waals surface area contributed by atoms with E-state index in [0.29, 0.717) is 31.7 Å². The summed E-state index contributed by atoms with van der Waals surface area (Å²) in [6.07, 6.45) is 3.16. The van der Waals surface area contributed by atoms with Crippen LogP contribution in [0.3, 0.4) is 0 Å². The Balaban J connectivity index is 1.47. The van der Waals surface area contributed by atoms with Crippen molar-refractivity contribution < 1.29 is 13.2 Å². The van der Waals surface area contributed by atoms with Gasteiger partial charge in [0.25, 0.3) is 5.91 Å². The van der Waals surface area contributed by atoms with Crippen molar-refractivity contribution >= 4 is 21.6 Å². The quantitative estimate of drug-likeness (QED) is 0.773. The second-order valence-electron chi connectivity index (χ2n) is 7.61. The SMILES string of the molecule is O=C(c1cccc(S(=O)(=O)N2CCN(c3ccccc3)CC2)c1)N1CCCCC1. The van der Waals surface area contributed by atoms with Crippen LogP contribution < -0.4 is 4.90 Å². The Morgan fingerprint density at radius 3 is 2.14 bits per heavy atom. The number of rotatable bonds is 4. The van der Waals surface area contributed by atoms with Crippen LogP contribution in [-0.2, 0) is 10.0 Å². The van der Waals surface area contributed by atoms with E-state index in [4.69, 9.17) is 0 Å². The van der Waals surface area contributed by atoms with E-state index in [2.05, 4.69) is 4.90 Å². The molecule has 29 heavy (non-hydrogen) atoms. The molecule has 0 unspecified atom stereocenters. The lowest BCUT2D eigenvalue weighted by molar-refractivity contribution is 0.0724. The molecule has 1 amide bonds. The lowest BCUT2D eigenvalue weighted by atomic mass is 10.1. The van der Waals surface area contributed by atoms with Crippen molar-refractivity contribution in [1.29, 1.82) is 0 Å². The highest BCUT2D eigenvalue weighted by Gasteiger charge is 2.29. The second-order valence-corrected chi connectivity index (χ2v) is 9.55. The molecular formula is C22H27N3O3S. The molecule has 4 rings (SSSR count). The van der Waals surface area contributed by atoms with Gasteiger partial charge in [0, 0.05) is 50.5 Å². The number of hydrogen-bond acceptors (Lipinski definition) is 4. The first-order chi connectivity index (χ1) is 14.1. The number of amides is 1. The van der Waals surface area contributed by atoms with Gasteiger partial charge in [-0.3, -0.25) is 4.79 Å². The zero-order valence-corrected chi connectivity index (χ0v) is 17.4. The van der Waals surface area contributed by atoms with Crippen LogP contribution in [-0.4, -0.2) is 62.8 Å². The van der Waals surface area contributed by atoms with Gasteiger partial charge in [0.15, 0.2) is 0 Å². The van der Waals surface area contributed by atoms with E-state index in [-0.39, 0.29) is 10.8 Å². The molecule has 0 spiro atoms. The van der Waals surface area contributed by atoms with E-state index in [9.17, 15) is 13.2 Å². The molecule has 2 aromatic carbocycles. The molecule has 2 aliphatic heterocycles. The number of anilines is 1. The van der Waals surface area contributed by atoms with E-state index >= 15 is 0 Å². The molecule has 2 fully saturated rings. The number of para-hydroxylation sites is 1. The molecule has 0 atom stereocenters. The van der Waals surface area contributed by atoms with Gasteiger partial charge in [-0.2, -0.15) is 4.31 Å². The molecule has 2 aliphatic rings. The molecule has 7 heteroatoms. The molecule has 0 saturated carbocycles. The molecule has 154 valence electrons. The van der Waals surface area contributed by atoms with Gasteiger partial charge in [0.2, 0.25) is 10.0 Å². The molecule has 6 nitrogen and oxygen atoms in total. The van der Waals surface area contributed by atoms with Gasteiger partial charge in [0.1, 0.15) is 0 Å². The van der Waals surface area contributed by atoms with Crippen molar-refractivity contribution in [3.05, 3.63) is 60.2 Å². The number of benzene rings is 2. The first-order valence-electron chi connectivity index (χ1n) is 10.3. The minimum absolute atomic E-state index is 0.0735. The Hall–Kier alpha value is -2.38. The van der Waals surface area contributed by atoms with Gasteiger partial charge in [-0.15, -0.1) is 0 Å². The molecule has 0 aromatic heterocycles. The van der Waals surface area contributed by atoms with E-state index in [1.165, 1.54) is 10.4 Å². The molecule has 0 aliphatic carbocycles. The summed E-state index contributed by atoms with van der Waals surface area (Å²) in [4.78, 5) is 17.0. The molecule has 2 aromatic rings. The highest BCUT2D eigenvalue weighted by molar-refractivity contribution is 7.89. The molecule has 0 N–H and O–H groups in total. The van der Waals surface area contributed by atoms with Gasteiger partial charge in [-0.1, -0.05) is 24.3 Å². The van der Waals surface area contributed by atoms with E-state index in [1.54, 1.807) is 18.2 Å². The highest BCUT2D eigenvalue weighted by atomic mass is 32.2. The Labute approximate surface area is 172 Å². The van der Waals surface area contributed by atoms with Gasteiger partial charge in [-0.25, -0.2) is 8.42 Å². The van der Waals surface area contributed by atoms with Crippen molar-refractivity contribution in [3.8, 4) is 0 Å². The van der Waals surface area contributed by atoms with Crippen LogP contribution in [0.5, 0.6) is 0 Å². The lowest BCUT2D eigenvalue weighted by Gasteiger charge is -2.35. The zero-order chi connectivity index (χ0) is 20.3. The average Bonchev–Trinajstić information content (AvgIpc) is 2.80. The Kier molecular flexibility index (Phi) is 5.87. The van der Waals surface area contributed by atoms with Gasteiger partial charge >= 0.3 is 0 Å². The average molecular weight is 414 g/mol. The summed E-state index contributed by atoms with van der Waals surface area (Å²) in [5.41, 5.74) is 1.56. The van der Waals surface area contributed by atoms with Crippen LogP contribution >= 0.6 is 0 Å². The normalized spacial score (nSPS) is 18.6. The molecule has 0 radical (unpaired) electrons. The summed E-state index contributed by atoms with van der Waals surface area (Å²) >= 11 is 0. The Morgan fingerprint density at radius 1 is 0.759 bits per heavy atom. The fourth-order valence-electron chi connectivity index (χ4n) is 4.04. The summed E-state index contributed by atoms with van der Waals surface area (Å²) in [7, 11) is -3.62. The molecule has 0 bridgehead atoms. The van der Waals surface area contributed by atoms with Crippen LogP contribution in [0.4, 0.5) is 5.69 Å². The number of likely N-dealkylation sites (tertiary alicyclic amines) is 1. The monoisotopic (exact) mass is 413 g/mol. The minimum Gasteiger partial charge on any atom is -0.369 e. The van der Waals surface area contributed by atoms with Crippen LogP contribution in [0.2, 0.25) is 0 Å². The third-order valence-corrected chi connectivity index (χ3v) is 7.62. The molecule has 2 saturated heterocycles. The predicted octanol–water partition coefficient (Wildman–Crippen LogP) is 2.82. The highest BCUT2D eigenvalue weighted by Crippen LogP contribution is 2.22. The first kappa shape index (κ1) is 19.9. The summed E-state index contributed by atoms with van der Waals surface area (Å²) in [6.45, 7) is 3.66. The van der Waals surface area contributed by atoms with Gasteiger partial charge < -0.3 is 9.80 Å². The first-order valence-corrected chi connectivity index (χ1v) is 11.7. The third kappa shape index (κ3) is 4.31. The van der Waals surface area contributed by atoms with Gasteiger partial charge in [-0.05, 0) is 49.6 Å². The number of nitrogens with zero attached hydrogens (tertiary/aromatic N) is 3. The third-order valence-electron chi connectivity index (χ3n) is 5.72. The Morgan fingerprint density at radius 2 is 1.45 bits per heavy atom. The van der Waals surface area contributed by atoms with E-state index in [1.807, 2.05) is 35.2 Å². The van der Waals surface area contributed by atoms with Crippen molar-refractivity contribution in [3.63, 3.8) is 0 Å². The standard InChI is InChI=1S/C22H27N3O3S/c26-22(24-12-5-2-6-13-24)19-8-7-11-21(18-19)29(27,28)25-16-14-23(15-17-25)20-9-3-1-4-10-20/h1,3-4,7-11,18H,2,5-6,12-17H2. The van der Waals surface area contributed by atoms with Crippen molar-refractivity contribution in [2.45, 2.75) is 24.2 Å². The fraction of sp³-hybridized carbons (Fsp3) is 0.409. The minimum atomic E-state index is -3.62. The van der Waals surface area contributed by atoms with Crippen molar-refractivity contribution in [2.24, 2.45) is 0 Å². The van der Waals surface area contributed by atoms with Crippen LogP contribution in [0.25, 0.3) is 0 Å². The second kappa shape index (κ2) is 8.55. The molecular weight excluding hydrogens is 386 g/mol. The summed E-state index contributed by atoms with van der Waals surface area (Å²) < 4.78 is 27.9. The van der Waals surface area contributed by atoms with Gasteiger partial charge in [0.05, 0.1) is 4.90 Å². The zero-order valence-electron chi connectivity index (χ0n) is 16.5. The predicted molar refractivity (Wildman–Crippen MR) is 114 cm³/mol.